The first-order chi connectivity index (χ1) is 10.2. The summed E-state index contributed by atoms with van der Waals surface area (Å²) in [6.07, 6.45) is 3.65. The Kier molecular flexibility index (Phi) is 6.05. The summed E-state index contributed by atoms with van der Waals surface area (Å²) in [5.41, 5.74) is 7.23. The van der Waals surface area contributed by atoms with Gasteiger partial charge in [0, 0.05) is 25.2 Å². The zero-order valence-corrected chi connectivity index (χ0v) is 13.3. The zero-order chi connectivity index (χ0) is 15.1. The van der Waals surface area contributed by atoms with Crippen molar-refractivity contribution >= 4 is 5.96 Å². The van der Waals surface area contributed by atoms with Gasteiger partial charge in [0.15, 0.2) is 5.96 Å². The van der Waals surface area contributed by atoms with Crippen LogP contribution in [0.2, 0.25) is 0 Å². The number of rotatable bonds is 8. The monoisotopic (exact) mass is 288 g/mol. The maximum Gasteiger partial charge on any atom is 0.188 e. The number of nitrogens with one attached hydrogen (secondary N) is 1. The predicted molar refractivity (Wildman–Crippen MR) is 89.5 cm³/mol. The Morgan fingerprint density at radius 1 is 1.33 bits per heavy atom. The Morgan fingerprint density at radius 2 is 2.05 bits per heavy atom. The van der Waals surface area contributed by atoms with Gasteiger partial charge in [-0.1, -0.05) is 30.3 Å². The molecule has 0 aromatic heterocycles. The van der Waals surface area contributed by atoms with E-state index in [1.165, 1.54) is 18.4 Å². The number of benzene rings is 1. The Morgan fingerprint density at radius 3 is 2.67 bits per heavy atom. The van der Waals surface area contributed by atoms with Gasteiger partial charge in [0.2, 0.25) is 0 Å². The molecular formula is C17H28N4. The summed E-state index contributed by atoms with van der Waals surface area (Å²) in [5.74, 6) is 0.561. The highest BCUT2D eigenvalue weighted by atomic mass is 15.2. The number of nitrogens with zero attached hydrogens (tertiary/aromatic N) is 2. The van der Waals surface area contributed by atoms with Gasteiger partial charge in [0.1, 0.15) is 0 Å². The SMILES string of the molecule is CC(C)N(CCN=C(N)NCCc1ccccc1)C1CC1. The third kappa shape index (κ3) is 5.76. The van der Waals surface area contributed by atoms with Gasteiger partial charge in [0.25, 0.3) is 0 Å². The first kappa shape index (κ1) is 15.8. The van der Waals surface area contributed by atoms with E-state index in [1.54, 1.807) is 0 Å². The van der Waals surface area contributed by atoms with Gasteiger partial charge >= 0.3 is 0 Å². The molecule has 1 saturated carbocycles. The molecule has 0 heterocycles. The Balaban J connectivity index is 1.64. The molecule has 1 aliphatic rings. The summed E-state index contributed by atoms with van der Waals surface area (Å²) in [5, 5.41) is 3.19. The van der Waals surface area contributed by atoms with Gasteiger partial charge in [-0.15, -0.1) is 0 Å². The summed E-state index contributed by atoms with van der Waals surface area (Å²) in [6.45, 7) is 7.12. The Hall–Kier alpha value is -1.55. The second-order valence-corrected chi connectivity index (χ2v) is 5.99. The number of hydrogen-bond acceptors (Lipinski definition) is 2. The molecule has 4 heteroatoms. The third-order valence-corrected chi connectivity index (χ3v) is 3.88. The van der Waals surface area contributed by atoms with Crippen molar-refractivity contribution in [1.29, 1.82) is 0 Å². The highest BCUT2D eigenvalue weighted by Crippen LogP contribution is 2.28. The molecule has 0 bridgehead atoms. The van der Waals surface area contributed by atoms with E-state index < -0.39 is 0 Å². The van der Waals surface area contributed by atoms with Crippen LogP contribution in [0.5, 0.6) is 0 Å². The minimum absolute atomic E-state index is 0.561. The van der Waals surface area contributed by atoms with E-state index in [0.717, 1.165) is 32.1 Å². The third-order valence-electron chi connectivity index (χ3n) is 3.88. The van der Waals surface area contributed by atoms with Crippen LogP contribution in [0.4, 0.5) is 0 Å². The molecule has 0 spiro atoms. The van der Waals surface area contributed by atoms with Gasteiger partial charge < -0.3 is 11.1 Å². The fourth-order valence-electron chi connectivity index (χ4n) is 2.59. The number of aliphatic imine (C=N–C) groups is 1. The average molecular weight is 288 g/mol. The van der Waals surface area contributed by atoms with Crippen LogP contribution in [-0.4, -0.2) is 42.6 Å². The molecule has 1 aliphatic carbocycles. The predicted octanol–water partition coefficient (Wildman–Crippen LogP) is 2.01. The molecule has 1 fully saturated rings. The summed E-state index contributed by atoms with van der Waals surface area (Å²) >= 11 is 0. The largest absolute Gasteiger partial charge is 0.370 e. The zero-order valence-electron chi connectivity index (χ0n) is 13.3. The lowest BCUT2D eigenvalue weighted by atomic mass is 10.1. The van der Waals surface area contributed by atoms with E-state index in [4.69, 9.17) is 5.73 Å². The molecule has 0 saturated heterocycles. The van der Waals surface area contributed by atoms with E-state index >= 15 is 0 Å². The van der Waals surface area contributed by atoms with E-state index in [2.05, 4.69) is 53.3 Å². The molecule has 0 radical (unpaired) electrons. The van der Waals surface area contributed by atoms with Crippen molar-refractivity contribution in [1.82, 2.24) is 10.2 Å². The molecule has 0 atom stereocenters. The van der Waals surface area contributed by atoms with Gasteiger partial charge in [-0.05, 0) is 38.7 Å². The minimum atomic E-state index is 0.561. The van der Waals surface area contributed by atoms with Crippen LogP contribution in [0, 0.1) is 0 Å². The highest BCUT2D eigenvalue weighted by molar-refractivity contribution is 5.77. The van der Waals surface area contributed by atoms with E-state index in [-0.39, 0.29) is 0 Å². The van der Waals surface area contributed by atoms with Crippen molar-refractivity contribution in [3.8, 4) is 0 Å². The van der Waals surface area contributed by atoms with Crippen LogP contribution < -0.4 is 11.1 Å². The number of hydrogen-bond donors (Lipinski definition) is 2. The summed E-state index contributed by atoms with van der Waals surface area (Å²) in [6, 6.07) is 11.8. The quantitative estimate of drug-likeness (QED) is 0.568. The fraction of sp³-hybridized carbons (Fsp3) is 0.588. The molecule has 2 rings (SSSR count). The van der Waals surface area contributed by atoms with Gasteiger partial charge in [-0.25, -0.2) is 0 Å². The lowest BCUT2D eigenvalue weighted by molar-refractivity contribution is 0.218. The standard InChI is InChI=1S/C17H28N4/c1-14(2)21(16-8-9-16)13-12-20-17(18)19-11-10-15-6-4-3-5-7-15/h3-7,14,16H,8-13H2,1-2H3,(H3,18,19,20). The van der Waals surface area contributed by atoms with Crippen molar-refractivity contribution in [3.63, 3.8) is 0 Å². The van der Waals surface area contributed by atoms with Gasteiger partial charge in [0.05, 0.1) is 6.54 Å². The Labute approximate surface area is 128 Å². The van der Waals surface area contributed by atoms with Crippen molar-refractivity contribution in [2.45, 2.75) is 45.2 Å². The van der Waals surface area contributed by atoms with Crippen LogP contribution in [0.25, 0.3) is 0 Å². The van der Waals surface area contributed by atoms with Gasteiger partial charge in [-0.3, -0.25) is 9.89 Å². The molecule has 0 amide bonds. The molecule has 4 nitrogen and oxygen atoms in total. The summed E-state index contributed by atoms with van der Waals surface area (Å²) in [4.78, 5) is 6.96. The molecule has 1 aromatic rings. The Bertz CT molecular complexity index is 435. The lowest BCUT2D eigenvalue weighted by Crippen LogP contribution is -2.37. The first-order valence-corrected chi connectivity index (χ1v) is 8.00. The topological polar surface area (TPSA) is 53.6 Å². The van der Waals surface area contributed by atoms with Crippen molar-refractivity contribution in [2.75, 3.05) is 19.6 Å². The normalized spacial score (nSPS) is 15.7. The second kappa shape index (κ2) is 8.03. The molecule has 116 valence electrons. The molecule has 3 N–H and O–H groups in total. The highest BCUT2D eigenvalue weighted by Gasteiger charge is 2.29. The molecular weight excluding hydrogens is 260 g/mol. The fourth-order valence-corrected chi connectivity index (χ4v) is 2.59. The summed E-state index contributed by atoms with van der Waals surface area (Å²) in [7, 11) is 0. The van der Waals surface area contributed by atoms with Gasteiger partial charge in [-0.2, -0.15) is 0 Å². The maximum absolute atomic E-state index is 5.91. The number of nitrogens with two attached hydrogens (primary N) is 1. The molecule has 21 heavy (non-hydrogen) atoms. The van der Waals surface area contributed by atoms with Crippen molar-refractivity contribution in [3.05, 3.63) is 35.9 Å². The molecule has 1 aromatic carbocycles. The second-order valence-electron chi connectivity index (χ2n) is 5.99. The van der Waals surface area contributed by atoms with Crippen LogP contribution in [-0.2, 0) is 6.42 Å². The van der Waals surface area contributed by atoms with Crippen LogP contribution in [0.15, 0.2) is 35.3 Å². The lowest BCUT2D eigenvalue weighted by Gasteiger charge is -2.25. The van der Waals surface area contributed by atoms with Crippen LogP contribution in [0.3, 0.4) is 0 Å². The van der Waals surface area contributed by atoms with Crippen LogP contribution in [0.1, 0.15) is 32.3 Å². The van der Waals surface area contributed by atoms with E-state index in [9.17, 15) is 0 Å². The minimum Gasteiger partial charge on any atom is -0.370 e. The van der Waals surface area contributed by atoms with Crippen LogP contribution >= 0.6 is 0 Å². The molecule has 0 unspecified atom stereocenters. The average Bonchev–Trinajstić information content (AvgIpc) is 3.29. The van der Waals surface area contributed by atoms with E-state index in [1.807, 2.05) is 6.07 Å². The smallest absolute Gasteiger partial charge is 0.188 e. The number of guanidine groups is 1. The van der Waals surface area contributed by atoms with E-state index in [0.29, 0.717) is 12.0 Å². The first-order valence-electron chi connectivity index (χ1n) is 8.00. The van der Waals surface area contributed by atoms with Crippen molar-refractivity contribution < 1.29 is 0 Å². The molecule has 0 aliphatic heterocycles. The summed E-state index contributed by atoms with van der Waals surface area (Å²) < 4.78 is 0. The maximum atomic E-state index is 5.91. The van der Waals surface area contributed by atoms with Crippen molar-refractivity contribution in [2.24, 2.45) is 10.7 Å².